The van der Waals surface area contributed by atoms with Gasteiger partial charge in [0, 0.05) is 5.56 Å². The fraction of sp³-hybridized carbons (Fsp3) is 0.429. The van der Waals surface area contributed by atoms with Crippen LogP contribution in [0.2, 0.25) is 0 Å². The normalized spacial score (nSPS) is 28.8. The molecule has 4 heteroatoms. The summed E-state index contributed by atoms with van der Waals surface area (Å²) in [6, 6.07) is 4.49. The van der Waals surface area contributed by atoms with E-state index in [9.17, 15) is 4.39 Å². The lowest BCUT2D eigenvalue weighted by Crippen LogP contribution is -2.34. The maximum Gasteiger partial charge on any atom is 0.163 e. The third kappa shape index (κ3) is 2.13. The molecule has 18 heavy (non-hydrogen) atoms. The lowest BCUT2D eigenvalue weighted by molar-refractivity contribution is -0.145. The number of benzene rings is 1. The SMILES string of the molecule is CC1(C)OC[C@@H](C2C=Cc3cc(F)ccc3O2)O1. The molecule has 0 aromatic heterocycles. The van der Waals surface area contributed by atoms with E-state index in [4.69, 9.17) is 14.2 Å². The van der Waals surface area contributed by atoms with Crippen LogP contribution >= 0.6 is 0 Å². The third-order valence-corrected chi connectivity index (χ3v) is 3.10. The number of hydrogen-bond donors (Lipinski definition) is 0. The summed E-state index contributed by atoms with van der Waals surface area (Å²) in [6.45, 7) is 4.25. The molecule has 0 amide bonds. The highest BCUT2D eigenvalue weighted by Gasteiger charge is 2.38. The molecular weight excluding hydrogens is 235 g/mol. The van der Waals surface area contributed by atoms with Gasteiger partial charge < -0.3 is 14.2 Å². The minimum Gasteiger partial charge on any atom is -0.483 e. The number of fused-ring (bicyclic) bond motifs is 1. The molecule has 1 fully saturated rings. The van der Waals surface area contributed by atoms with Crippen molar-refractivity contribution in [3.05, 3.63) is 35.7 Å². The van der Waals surface area contributed by atoms with Crippen molar-refractivity contribution in [2.45, 2.75) is 31.8 Å². The van der Waals surface area contributed by atoms with Gasteiger partial charge in [-0.3, -0.25) is 0 Å². The van der Waals surface area contributed by atoms with Crippen molar-refractivity contribution in [2.75, 3.05) is 6.61 Å². The Bertz CT molecular complexity index is 496. The summed E-state index contributed by atoms with van der Waals surface area (Å²) >= 11 is 0. The Hall–Kier alpha value is -1.39. The van der Waals surface area contributed by atoms with Gasteiger partial charge in [-0.1, -0.05) is 6.08 Å². The molecule has 0 N–H and O–H groups in total. The van der Waals surface area contributed by atoms with Crippen LogP contribution < -0.4 is 4.74 Å². The summed E-state index contributed by atoms with van der Waals surface area (Å²) in [6.07, 6.45) is 3.43. The minimum absolute atomic E-state index is 0.130. The highest BCUT2D eigenvalue weighted by atomic mass is 19.1. The summed E-state index contributed by atoms with van der Waals surface area (Å²) in [5.41, 5.74) is 0.754. The van der Waals surface area contributed by atoms with Crippen LogP contribution in [0.1, 0.15) is 19.4 Å². The molecule has 96 valence electrons. The smallest absolute Gasteiger partial charge is 0.163 e. The fourth-order valence-electron chi connectivity index (χ4n) is 2.22. The summed E-state index contributed by atoms with van der Waals surface area (Å²) in [5.74, 6) is -0.149. The zero-order valence-corrected chi connectivity index (χ0v) is 10.4. The molecule has 0 saturated carbocycles. The van der Waals surface area contributed by atoms with E-state index in [-0.39, 0.29) is 18.0 Å². The van der Waals surface area contributed by atoms with Gasteiger partial charge in [-0.25, -0.2) is 4.39 Å². The fourth-order valence-corrected chi connectivity index (χ4v) is 2.22. The van der Waals surface area contributed by atoms with Crippen LogP contribution in [-0.4, -0.2) is 24.6 Å². The number of halogens is 1. The predicted octanol–water partition coefficient (Wildman–Crippen LogP) is 2.75. The first-order valence-corrected chi connectivity index (χ1v) is 6.00. The predicted molar refractivity (Wildman–Crippen MR) is 64.8 cm³/mol. The summed E-state index contributed by atoms with van der Waals surface area (Å²) in [5, 5.41) is 0. The zero-order valence-electron chi connectivity index (χ0n) is 10.4. The molecule has 0 aliphatic carbocycles. The molecule has 1 unspecified atom stereocenters. The van der Waals surface area contributed by atoms with Crippen LogP contribution in [0, 0.1) is 5.82 Å². The van der Waals surface area contributed by atoms with E-state index >= 15 is 0 Å². The van der Waals surface area contributed by atoms with Crippen molar-refractivity contribution in [3.63, 3.8) is 0 Å². The number of hydrogen-bond acceptors (Lipinski definition) is 3. The van der Waals surface area contributed by atoms with Crippen LogP contribution in [0.15, 0.2) is 24.3 Å². The minimum atomic E-state index is -0.565. The summed E-state index contributed by atoms with van der Waals surface area (Å²) in [4.78, 5) is 0. The molecule has 2 heterocycles. The van der Waals surface area contributed by atoms with Crippen molar-refractivity contribution < 1.29 is 18.6 Å². The average molecular weight is 250 g/mol. The van der Waals surface area contributed by atoms with Crippen molar-refractivity contribution >= 4 is 6.08 Å². The van der Waals surface area contributed by atoms with Gasteiger partial charge in [0.2, 0.25) is 0 Å². The lowest BCUT2D eigenvalue weighted by Gasteiger charge is -2.26. The molecule has 1 aromatic carbocycles. The third-order valence-electron chi connectivity index (χ3n) is 3.10. The highest BCUT2D eigenvalue weighted by Crippen LogP contribution is 2.32. The quantitative estimate of drug-likeness (QED) is 0.767. The maximum absolute atomic E-state index is 13.1. The molecule has 3 nitrogen and oxygen atoms in total. The van der Waals surface area contributed by atoms with Crippen molar-refractivity contribution in [3.8, 4) is 5.75 Å². The molecular formula is C14H15FO3. The van der Waals surface area contributed by atoms with Gasteiger partial charge in [0.25, 0.3) is 0 Å². The standard InChI is InChI=1S/C14H15FO3/c1-14(2)16-8-13(18-14)12-5-3-9-7-10(15)4-6-11(9)17-12/h3-7,12-13H,8H2,1-2H3/t12?,13-/m0/s1. The molecule has 1 saturated heterocycles. The van der Waals surface area contributed by atoms with Gasteiger partial charge in [-0.15, -0.1) is 0 Å². The molecule has 2 atom stereocenters. The second-order valence-corrected chi connectivity index (χ2v) is 4.99. The molecule has 2 aliphatic heterocycles. The van der Waals surface area contributed by atoms with E-state index in [1.807, 2.05) is 26.0 Å². The Morgan fingerprint density at radius 3 is 2.89 bits per heavy atom. The first-order chi connectivity index (χ1) is 8.53. The van der Waals surface area contributed by atoms with Gasteiger partial charge in [0.1, 0.15) is 23.8 Å². The monoisotopic (exact) mass is 250 g/mol. The lowest BCUT2D eigenvalue weighted by atomic mass is 10.1. The Balaban J connectivity index is 1.78. The van der Waals surface area contributed by atoms with E-state index < -0.39 is 5.79 Å². The number of rotatable bonds is 1. The van der Waals surface area contributed by atoms with E-state index in [0.717, 1.165) is 5.56 Å². The second-order valence-electron chi connectivity index (χ2n) is 4.99. The van der Waals surface area contributed by atoms with Crippen LogP contribution in [0.25, 0.3) is 6.08 Å². The van der Waals surface area contributed by atoms with Crippen LogP contribution in [0.5, 0.6) is 5.75 Å². The van der Waals surface area contributed by atoms with Crippen LogP contribution in [-0.2, 0) is 9.47 Å². The van der Waals surface area contributed by atoms with Crippen LogP contribution in [0.4, 0.5) is 4.39 Å². The second kappa shape index (κ2) is 4.07. The van der Waals surface area contributed by atoms with Crippen molar-refractivity contribution in [1.82, 2.24) is 0 Å². The zero-order chi connectivity index (χ0) is 12.8. The Morgan fingerprint density at radius 2 is 2.17 bits per heavy atom. The largest absolute Gasteiger partial charge is 0.483 e. The van der Waals surface area contributed by atoms with Gasteiger partial charge >= 0.3 is 0 Å². The van der Waals surface area contributed by atoms with Crippen molar-refractivity contribution in [2.24, 2.45) is 0 Å². The van der Waals surface area contributed by atoms with Crippen LogP contribution in [0.3, 0.4) is 0 Å². The molecule has 0 bridgehead atoms. The topological polar surface area (TPSA) is 27.7 Å². The average Bonchev–Trinajstić information content (AvgIpc) is 2.69. The van der Waals surface area contributed by atoms with E-state index in [1.165, 1.54) is 12.1 Å². The Morgan fingerprint density at radius 1 is 1.33 bits per heavy atom. The molecule has 0 spiro atoms. The summed E-state index contributed by atoms with van der Waals surface area (Å²) in [7, 11) is 0. The highest BCUT2D eigenvalue weighted by molar-refractivity contribution is 5.60. The molecule has 2 aliphatic rings. The van der Waals surface area contributed by atoms with E-state index in [0.29, 0.717) is 12.4 Å². The van der Waals surface area contributed by atoms with Gasteiger partial charge in [-0.2, -0.15) is 0 Å². The molecule has 3 rings (SSSR count). The maximum atomic E-state index is 13.1. The number of ether oxygens (including phenoxy) is 3. The molecule has 0 radical (unpaired) electrons. The van der Waals surface area contributed by atoms with Gasteiger partial charge in [-0.05, 0) is 38.1 Å². The first kappa shape index (κ1) is 11.7. The van der Waals surface area contributed by atoms with Gasteiger partial charge in [0.05, 0.1) is 6.61 Å². The van der Waals surface area contributed by atoms with E-state index in [2.05, 4.69) is 0 Å². The van der Waals surface area contributed by atoms with E-state index in [1.54, 1.807) is 6.07 Å². The Kier molecular flexibility index (Phi) is 2.64. The first-order valence-electron chi connectivity index (χ1n) is 6.00. The van der Waals surface area contributed by atoms with Crippen molar-refractivity contribution in [1.29, 1.82) is 0 Å². The summed E-state index contributed by atoms with van der Waals surface area (Å²) < 4.78 is 30.1. The Labute approximate surface area is 105 Å². The molecule has 1 aromatic rings. The van der Waals surface area contributed by atoms with Gasteiger partial charge in [0.15, 0.2) is 5.79 Å².